The summed E-state index contributed by atoms with van der Waals surface area (Å²) in [5.74, 6) is -0.259. The van der Waals surface area contributed by atoms with E-state index in [1.54, 1.807) is 67.0 Å². The largest absolute Gasteiger partial charge is 0.507 e. The summed E-state index contributed by atoms with van der Waals surface area (Å²) in [4.78, 5) is 31.8. The molecule has 1 aromatic heterocycles. The van der Waals surface area contributed by atoms with Crippen molar-refractivity contribution in [1.29, 1.82) is 0 Å². The predicted molar refractivity (Wildman–Crippen MR) is 118 cm³/mol. The Balaban J connectivity index is 1.67. The molecule has 2 aliphatic rings. The standard InChI is InChI=1S/C25H20N2O6/c1-31-18-5-3-2-4-17(18)22-21(23(28)16-6-7-19-20(12-16)33-14-32-19)24(29)25(30)27(22)13-15-8-10-26-11-9-15/h2-12,22,28H,13-14H2,1H3/b23-21+. The highest BCUT2D eigenvalue weighted by Gasteiger charge is 2.47. The van der Waals surface area contributed by atoms with E-state index in [1.165, 1.54) is 12.0 Å². The molecule has 8 heteroatoms. The van der Waals surface area contributed by atoms with E-state index in [-0.39, 0.29) is 24.7 Å². The minimum atomic E-state index is -0.847. The summed E-state index contributed by atoms with van der Waals surface area (Å²) in [5.41, 5.74) is 1.73. The third-order valence-electron chi connectivity index (χ3n) is 5.72. The van der Waals surface area contributed by atoms with Crippen LogP contribution in [0.25, 0.3) is 5.76 Å². The van der Waals surface area contributed by atoms with E-state index in [0.717, 1.165) is 5.56 Å². The summed E-state index contributed by atoms with van der Waals surface area (Å²) >= 11 is 0. The number of carbonyl (C=O) groups excluding carboxylic acids is 2. The molecule has 1 N–H and O–H groups in total. The lowest BCUT2D eigenvalue weighted by Crippen LogP contribution is -2.29. The van der Waals surface area contributed by atoms with Gasteiger partial charge in [-0.1, -0.05) is 18.2 Å². The predicted octanol–water partition coefficient (Wildman–Crippen LogP) is 3.44. The van der Waals surface area contributed by atoms with Crippen LogP contribution >= 0.6 is 0 Å². The Labute approximate surface area is 189 Å². The first-order valence-corrected chi connectivity index (χ1v) is 10.3. The van der Waals surface area contributed by atoms with E-state index in [9.17, 15) is 14.7 Å². The molecule has 3 heterocycles. The van der Waals surface area contributed by atoms with Crippen molar-refractivity contribution in [1.82, 2.24) is 9.88 Å². The van der Waals surface area contributed by atoms with Crippen LogP contribution in [-0.4, -0.2) is 40.6 Å². The number of rotatable bonds is 5. The normalized spacial score (nSPS) is 18.6. The van der Waals surface area contributed by atoms with Crippen molar-refractivity contribution in [2.24, 2.45) is 0 Å². The summed E-state index contributed by atoms with van der Waals surface area (Å²) in [6.07, 6.45) is 3.24. The van der Waals surface area contributed by atoms with Crippen molar-refractivity contribution >= 4 is 17.4 Å². The van der Waals surface area contributed by atoms with Gasteiger partial charge in [0, 0.05) is 30.1 Å². The first-order valence-electron chi connectivity index (χ1n) is 10.3. The summed E-state index contributed by atoms with van der Waals surface area (Å²) in [6, 6.07) is 14.7. The number of benzene rings is 2. The number of Topliss-reactive ketones (excluding diaryl/α,β-unsaturated/α-hetero) is 1. The number of ether oxygens (including phenoxy) is 3. The molecule has 5 rings (SSSR count). The van der Waals surface area contributed by atoms with Gasteiger partial charge in [0.15, 0.2) is 11.5 Å². The first-order chi connectivity index (χ1) is 16.1. The number of pyridine rings is 1. The van der Waals surface area contributed by atoms with Gasteiger partial charge in [0.1, 0.15) is 11.5 Å². The lowest BCUT2D eigenvalue weighted by atomic mass is 9.94. The second-order valence-corrected chi connectivity index (χ2v) is 7.59. The number of hydrogen-bond acceptors (Lipinski definition) is 7. The van der Waals surface area contributed by atoms with Crippen molar-refractivity contribution < 1.29 is 28.9 Å². The number of nitrogens with zero attached hydrogens (tertiary/aromatic N) is 2. The van der Waals surface area contributed by atoms with Gasteiger partial charge in [0.2, 0.25) is 6.79 Å². The molecule has 0 bridgehead atoms. The molecule has 2 aromatic carbocycles. The lowest BCUT2D eigenvalue weighted by Gasteiger charge is -2.26. The van der Waals surface area contributed by atoms with E-state index in [4.69, 9.17) is 14.2 Å². The zero-order valence-electron chi connectivity index (χ0n) is 17.7. The van der Waals surface area contributed by atoms with Crippen LogP contribution in [0.15, 0.2) is 72.6 Å². The number of amides is 1. The number of para-hydroxylation sites is 1. The number of methoxy groups -OCH3 is 1. The Hall–Kier alpha value is -4.33. The molecule has 2 aliphatic heterocycles. The zero-order chi connectivity index (χ0) is 22.9. The number of aliphatic hydroxyl groups is 1. The van der Waals surface area contributed by atoms with Crippen LogP contribution in [0.2, 0.25) is 0 Å². The van der Waals surface area contributed by atoms with Crippen molar-refractivity contribution in [3.05, 3.63) is 89.3 Å². The van der Waals surface area contributed by atoms with Crippen LogP contribution in [0.1, 0.15) is 22.7 Å². The van der Waals surface area contributed by atoms with Crippen molar-refractivity contribution in [2.75, 3.05) is 13.9 Å². The molecule has 1 unspecified atom stereocenters. The number of carbonyl (C=O) groups is 2. The number of fused-ring (bicyclic) bond motifs is 1. The molecular formula is C25H20N2O6. The molecule has 3 aromatic rings. The molecular weight excluding hydrogens is 424 g/mol. The second-order valence-electron chi connectivity index (χ2n) is 7.59. The smallest absolute Gasteiger partial charge is 0.295 e. The fourth-order valence-corrected chi connectivity index (χ4v) is 4.14. The van der Waals surface area contributed by atoms with Gasteiger partial charge >= 0.3 is 0 Å². The highest BCUT2D eigenvalue weighted by atomic mass is 16.7. The Morgan fingerprint density at radius 3 is 2.64 bits per heavy atom. The van der Waals surface area contributed by atoms with Crippen molar-refractivity contribution in [3.63, 3.8) is 0 Å². The number of likely N-dealkylation sites (tertiary alicyclic amines) is 1. The van der Waals surface area contributed by atoms with Crippen LogP contribution in [0.5, 0.6) is 17.2 Å². The van der Waals surface area contributed by atoms with Gasteiger partial charge < -0.3 is 24.2 Å². The molecule has 1 atom stereocenters. The molecule has 33 heavy (non-hydrogen) atoms. The molecule has 1 amide bonds. The minimum Gasteiger partial charge on any atom is -0.507 e. The number of aromatic nitrogens is 1. The van der Waals surface area contributed by atoms with Crippen LogP contribution < -0.4 is 14.2 Å². The molecule has 8 nitrogen and oxygen atoms in total. The van der Waals surface area contributed by atoms with Gasteiger partial charge in [-0.05, 0) is 42.0 Å². The third-order valence-corrected chi connectivity index (χ3v) is 5.72. The topological polar surface area (TPSA) is 98.2 Å². The lowest BCUT2D eigenvalue weighted by molar-refractivity contribution is -0.140. The van der Waals surface area contributed by atoms with E-state index in [0.29, 0.717) is 28.4 Å². The SMILES string of the molecule is COc1ccccc1C1/C(=C(\O)c2ccc3c(c2)OCO3)C(=O)C(=O)N1Cc1ccncc1. The van der Waals surface area contributed by atoms with E-state index in [1.807, 2.05) is 0 Å². The van der Waals surface area contributed by atoms with Gasteiger partial charge in [-0.15, -0.1) is 0 Å². The maximum Gasteiger partial charge on any atom is 0.295 e. The summed E-state index contributed by atoms with van der Waals surface area (Å²) in [7, 11) is 1.52. The van der Waals surface area contributed by atoms with Crippen molar-refractivity contribution in [3.8, 4) is 17.2 Å². The maximum atomic E-state index is 13.2. The van der Waals surface area contributed by atoms with Gasteiger partial charge in [0.05, 0.1) is 18.7 Å². The maximum absolute atomic E-state index is 13.2. The Bertz CT molecular complexity index is 1270. The third kappa shape index (κ3) is 3.55. The molecule has 1 fully saturated rings. The number of ketones is 1. The average Bonchev–Trinajstić information content (AvgIpc) is 3.42. The fraction of sp³-hybridized carbons (Fsp3) is 0.160. The molecule has 0 saturated carbocycles. The van der Waals surface area contributed by atoms with Crippen LogP contribution in [0, 0.1) is 0 Å². The fourth-order valence-electron chi connectivity index (χ4n) is 4.14. The minimum absolute atomic E-state index is 0.0163. The van der Waals surface area contributed by atoms with Crippen LogP contribution in [0.4, 0.5) is 0 Å². The average molecular weight is 444 g/mol. The summed E-state index contributed by atoms with van der Waals surface area (Å²) in [5, 5.41) is 11.3. The first kappa shape index (κ1) is 20.6. The molecule has 1 saturated heterocycles. The molecule has 0 aliphatic carbocycles. The quantitative estimate of drug-likeness (QED) is 0.366. The van der Waals surface area contributed by atoms with Gasteiger partial charge in [-0.2, -0.15) is 0 Å². The van der Waals surface area contributed by atoms with Gasteiger partial charge in [0.25, 0.3) is 11.7 Å². The Morgan fingerprint density at radius 2 is 1.85 bits per heavy atom. The van der Waals surface area contributed by atoms with Gasteiger partial charge in [-0.3, -0.25) is 14.6 Å². The Kier molecular flexibility index (Phi) is 5.18. The van der Waals surface area contributed by atoms with E-state index in [2.05, 4.69) is 4.98 Å². The van der Waals surface area contributed by atoms with Crippen LogP contribution in [0.3, 0.4) is 0 Å². The summed E-state index contributed by atoms with van der Waals surface area (Å²) in [6.45, 7) is 0.241. The summed E-state index contributed by atoms with van der Waals surface area (Å²) < 4.78 is 16.3. The monoisotopic (exact) mass is 444 g/mol. The zero-order valence-corrected chi connectivity index (χ0v) is 17.7. The van der Waals surface area contributed by atoms with Crippen molar-refractivity contribution in [2.45, 2.75) is 12.6 Å². The highest BCUT2D eigenvalue weighted by molar-refractivity contribution is 6.46. The number of aliphatic hydroxyl groups excluding tert-OH is 1. The highest BCUT2D eigenvalue weighted by Crippen LogP contribution is 2.44. The molecule has 166 valence electrons. The van der Waals surface area contributed by atoms with Crippen LogP contribution in [-0.2, 0) is 16.1 Å². The van der Waals surface area contributed by atoms with Gasteiger partial charge in [-0.25, -0.2) is 0 Å². The Morgan fingerprint density at radius 1 is 1.09 bits per heavy atom. The van der Waals surface area contributed by atoms with E-state index >= 15 is 0 Å². The van der Waals surface area contributed by atoms with E-state index < -0.39 is 17.7 Å². The molecule has 0 spiro atoms. The number of hydrogen-bond donors (Lipinski definition) is 1. The molecule has 0 radical (unpaired) electrons. The second kappa shape index (κ2) is 8.31.